The largest absolute Gasteiger partial charge is 0.399 e. The van der Waals surface area contributed by atoms with Gasteiger partial charge in [-0.3, -0.25) is 9.00 Å². The van der Waals surface area contributed by atoms with Gasteiger partial charge in [0, 0.05) is 26.2 Å². The predicted octanol–water partition coefficient (Wildman–Crippen LogP) is 2.66. The average Bonchev–Trinajstić information content (AvgIpc) is 2.86. The number of amides is 1. The lowest BCUT2D eigenvalue weighted by atomic mass is 10.3. The Morgan fingerprint density at radius 3 is 2.74 bits per heavy atom. The summed E-state index contributed by atoms with van der Waals surface area (Å²) in [6, 6.07) is 5.17. The van der Waals surface area contributed by atoms with Crippen molar-refractivity contribution in [2.75, 3.05) is 16.8 Å². The molecule has 1 unspecified atom stereocenters. The molecule has 1 aromatic rings. The van der Waals surface area contributed by atoms with Crippen molar-refractivity contribution in [1.82, 2.24) is 0 Å². The minimum absolute atomic E-state index is 0.0709. The summed E-state index contributed by atoms with van der Waals surface area (Å²) in [7, 11) is -1.06. The van der Waals surface area contributed by atoms with E-state index in [-0.39, 0.29) is 16.9 Å². The Labute approximate surface area is 123 Å². The zero-order valence-electron chi connectivity index (χ0n) is 10.5. The van der Waals surface area contributed by atoms with Gasteiger partial charge in [0.25, 0.3) is 0 Å². The molecule has 0 spiro atoms. The summed E-state index contributed by atoms with van der Waals surface area (Å²) in [5.41, 5.74) is 6.91. The van der Waals surface area contributed by atoms with Crippen LogP contribution < -0.4 is 11.1 Å². The van der Waals surface area contributed by atoms with Gasteiger partial charge in [-0.2, -0.15) is 0 Å². The third-order valence-electron chi connectivity index (χ3n) is 3.21. The van der Waals surface area contributed by atoms with Crippen molar-refractivity contribution in [2.45, 2.75) is 30.9 Å². The molecular weight excluding hydrogens is 328 g/mol. The van der Waals surface area contributed by atoms with Crippen LogP contribution in [0.5, 0.6) is 0 Å². The summed E-state index contributed by atoms with van der Waals surface area (Å²) in [6.45, 7) is 0. The molecule has 19 heavy (non-hydrogen) atoms. The van der Waals surface area contributed by atoms with E-state index in [4.69, 9.17) is 5.73 Å². The molecule has 1 aliphatic rings. The topological polar surface area (TPSA) is 72.2 Å². The molecule has 0 heterocycles. The first kappa shape index (κ1) is 14.5. The molecule has 6 heteroatoms. The van der Waals surface area contributed by atoms with E-state index in [1.54, 1.807) is 18.2 Å². The fourth-order valence-electron chi connectivity index (χ4n) is 2.22. The van der Waals surface area contributed by atoms with Gasteiger partial charge < -0.3 is 11.1 Å². The number of hydrogen-bond donors (Lipinski definition) is 2. The van der Waals surface area contributed by atoms with E-state index < -0.39 is 10.8 Å². The third kappa shape index (κ3) is 4.04. The van der Waals surface area contributed by atoms with Gasteiger partial charge in [0.1, 0.15) is 5.75 Å². The Balaban J connectivity index is 1.91. The molecule has 1 saturated carbocycles. The number of anilines is 2. The van der Waals surface area contributed by atoms with Crippen LogP contribution in [0.3, 0.4) is 0 Å². The number of rotatable bonds is 4. The summed E-state index contributed by atoms with van der Waals surface area (Å²) >= 11 is 3.34. The van der Waals surface area contributed by atoms with Crippen LogP contribution in [-0.2, 0) is 15.6 Å². The molecule has 3 N–H and O–H groups in total. The summed E-state index contributed by atoms with van der Waals surface area (Å²) in [6.07, 6.45) is 4.21. The molecule has 1 aliphatic carbocycles. The summed E-state index contributed by atoms with van der Waals surface area (Å²) in [4.78, 5) is 11.9. The molecule has 1 fully saturated rings. The fraction of sp³-hybridized carbons (Fsp3) is 0.462. The maximum atomic E-state index is 12.0. The molecule has 104 valence electrons. The van der Waals surface area contributed by atoms with E-state index in [1.807, 2.05) is 0 Å². The highest BCUT2D eigenvalue weighted by molar-refractivity contribution is 9.10. The van der Waals surface area contributed by atoms with Gasteiger partial charge in [-0.25, -0.2) is 0 Å². The monoisotopic (exact) mass is 344 g/mol. The fourth-order valence-corrected chi connectivity index (χ4v) is 4.14. The molecule has 1 amide bonds. The standard InChI is InChI=1S/C13H17BrN2O2S/c14-11-7-9(15)5-6-12(11)16-13(17)8-19(18)10-3-1-2-4-10/h5-7,10H,1-4,8,15H2,(H,16,17). The number of benzene rings is 1. The molecule has 0 radical (unpaired) electrons. The number of nitrogen functional groups attached to an aromatic ring is 1. The SMILES string of the molecule is Nc1ccc(NC(=O)CS(=O)C2CCCC2)c(Br)c1. The smallest absolute Gasteiger partial charge is 0.237 e. The van der Waals surface area contributed by atoms with Crippen molar-refractivity contribution in [3.05, 3.63) is 22.7 Å². The van der Waals surface area contributed by atoms with E-state index in [2.05, 4.69) is 21.2 Å². The minimum atomic E-state index is -1.06. The normalized spacial score (nSPS) is 17.3. The van der Waals surface area contributed by atoms with Gasteiger partial charge in [0.15, 0.2) is 0 Å². The molecule has 2 rings (SSSR count). The van der Waals surface area contributed by atoms with Crippen LogP contribution >= 0.6 is 15.9 Å². The van der Waals surface area contributed by atoms with E-state index in [1.165, 1.54) is 0 Å². The molecular formula is C13H17BrN2O2S. The number of hydrogen-bond acceptors (Lipinski definition) is 3. The highest BCUT2D eigenvalue weighted by Gasteiger charge is 2.23. The van der Waals surface area contributed by atoms with Gasteiger partial charge in [-0.05, 0) is 47.0 Å². The number of nitrogens with two attached hydrogens (primary N) is 1. The van der Waals surface area contributed by atoms with Gasteiger partial charge in [-0.1, -0.05) is 12.8 Å². The molecule has 1 aromatic carbocycles. The van der Waals surface area contributed by atoms with Crippen molar-refractivity contribution in [2.24, 2.45) is 0 Å². The van der Waals surface area contributed by atoms with Gasteiger partial charge >= 0.3 is 0 Å². The van der Waals surface area contributed by atoms with E-state index in [0.717, 1.165) is 30.2 Å². The van der Waals surface area contributed by atoms with Gasteiger partial charge in [0.05, 0.1) is 5.69 Å². The Morgan fingerprint density at radius 1 is 1.42 bits per heavy atom. The van der Waals surface area contributed by atoms with E-state index in [9.17, 15) is 9.00 Å². The highest BCUT2D eigenvalue weighted by atomic mass is 79.9. The van der Waals surface area contributed by atoms with Crippen molar-refractivity contribution < 1.29 is 9.00 Å². The number of halogens is 1. The van der Waals surface area contributed by atoms with Gasteiger partial charge in [0.2, 0.25) is 5.91 Å². The van der Waals surface area contributed by atoms with Crippen LogP contribution in [0.15, 0.2) is 22.7 Å². The van der Waals surface area contributed by atoms with Crippen LogP contribution in [0.4, 0.5) is 11.4 Å². The summed E-state index contributed by atoms with van der Waals surface area (Å²) in [5, 5.41) is 2.95. The number of carbonyl (C=O) groups excluding carboxylic acids is 1. The maximum absolute atomic E-state index is 12.0. The van der Waals surface area contributed by atoms with Crippen molar-refractivity contribution in [1.29, 1.82) is 0 Å². The lowest BCUT2D eigenvalue weighted by Crippen LogP contribution is -2.24. The molecule has 0 saturated heterocycles. The highest BCUT2D eigenvalue weighted by Crippen LogP contribution is 2.25. The van der Waals surface area contributed by atoms with Crippen molar-refractivity contribution in [3.8, 4) is 0 Å². The van der Waals surface area contributed by atoms with E-state index >= 15 is 0 Å². The van der Waals surface area contributed by atoms with Crippen LogP contribution in [0.25, 0.3) is 0 Å². The maximum Gasteiger partial charge on any atom is 0.237 e. The lowest BCUT2D eigenvalue weighted by Gasteiger charge is -2.10. The Bertz CT molecular complexity index is 501. The zero-order chi connectivity index (χ0) is 13.8. The minimum Gasteiger partial charge on any atom is -0.399 e. The first-order valence-electron chi connectivity index (χ1n) is 6.28. The third-order valence-corrected chi connectivity index (χ3v) is 5.63. The Kier molecular flexibility index (Phi) is 4.99. The Hall–Kier alpha value is -0.880. The van der Waals surface area contributed by atoms with E-state index in [0.29, 0.717) is 11.4 Å². The molecule has 4 nitrogen and oxygen atoms in total. The molecule has 0 aliphatic heterocycles. The second-order valence-corrected chi connectivity index (χ2v) is 7.29. The van der Waals surface area contributed by atoms with Crippen LogP contribution in [-0.4, -0.2) is 21.1 Å². The molecule has 1 atom stereocenters. The zero-order valence-corrected chi connectivity index (χ0v) is 12.9. The lowest BCUT2D eigenvalue weighted by molar-refractivity contribution is -0.113. The molecule has 0 bridgehead atoms. The first-order valence-corrected chi connectivity index (χ1v) is 8.46. The number of carbonyl (C=O) groups is 1. The summed E-state index contributed by atoms with van der Waals surface area (Å²) < 4.78 is 12.7. The number of nitrogens with one attached hydrogen (secondary N) is 1. The second-order valence-electron chi connectivity index (χ2n) is 4.72. The first-order chi connectivity index (χ1) is 9.06. The summed E-state index contributed by atoms with van der Waals surface area (Å²) in [5.74, 6) is -0.141. The van der Waals surface area contributed by atoms with Crippen LogP contribution in [0, 0.1) is 0 Å². The van der Waals surface area contributed by atoms with Crippen molar-refractivity contribution in [3.63, 3.8) is 0 Å². The van der Waals surface area contributed by atoms with Crippen LogP contribution in [0.2, 0.25) is 0 Å². The Morgan fingerprint density at radius 2 is 2.11 bits per heavy atom. The van der Waals surface area contributed by atoms with Crippen LogP contribution in [0.1, 0.15) is 25.7 Å². The van der Waals surface area contributed by atoms with Gasteiger partial charge in [-0.15, -0.1) is 0 Å². The quantitative estimate of drug-likeness (QED) is 0.824. The average molecular weight is 345 g/mol. The van der Waals surface area contributed by atoms with Crippen molar-refractivity contribution >= 4 is 44.0 Å². The predicted molar refractivity (Wildman–Crippen MR) is 82.4 cm³/mol. The molecule has 0 aromatic heterocycles. The second kappa shape index (κ2) is 6.52.